The van der Waals surface area contributed by atoms with Gasteiger partial charge in [0.2, 0.25) is 0 Å². The number of ether oxygens (including phenoxy) is 1. The number of carbonyl (C=O) groups is 2. The molecule has 9 heteroatoms. The summed E-state index contributed by atoms with van der Waals surface area (Å²) >= 11 is 2.82. The highest BCUT2D eigenvalue weighted by molar-refractivity contribution is 8.37. The lowest BCUT2D eigenvalue weighted by atomic mass is 10.3. The van der Waals surface area contributed by atoms with Gasteiger partial charge in [0.05, 0.1) is 10.8 Å². The molecule has 0 amide bonds. The molecular formula is C13H11N3O4S2. The van der Waals surface area contributed by atoms with Gasteiger partial charge in [0.25, 0.3) is 0 Å². The van der Waals surface area contributed by atoms with E-state index in [9.17, 15) is 9.59 Å². The highest BCUT2D eigenvalue weighted by atomic mass is 32.3. The summed E-state index contributed by atoms with van der Waals surface area (Å²) in [5.74, 6) is -1.49. The SMILES string of the molecule is CCOC(=O)C(C(=O)On1nnc2ccccc21)=C1SCS1. The molecule has 0 aliphatic carbocycles. The smallest absolute Gasteiger partial charge is 0.374 e. The number of nitrogens with zero attached hydrogens (tertiary/aromatic N) is 3. The summed E-state index contributed by atoms with van der Waals surface area (Å²) in [4.78, 5) is 30.4. The van der Waals surface area contributed by atoms with Gasteiger partial charge >= 0.3 is 11.9 Å². The summed E-state index contributed by atoms with van der Waals surface area (Å²) in [5.41, 5.74) is 1.04. The Morgan fingerprint density at radius 3 is 2.73 bits per heavy atom. The molecule has 2 aromatic rings. The van der Waals surface area contributed by atoms with Crippen molar-refractivity contribution in [1.82, 2.24) is 15.2 Å². The van der Waals surface area contributed by atoms with E-state index in [4.69, 9.17) is 9.57 Å². The number of carbonyl (C=O) groups excluding carboxylic acids is 2. The Bertz CT molecular complexity index is 765. The second-order valence-electron chi connectivity index (χ2n) is 4.12. The first kappa shape index (κ1) is 14.9. The molecule has 22 heavy (non-hydrogen) atoms. The molecule has 1 saturated heterocycles. The van der Waals surface area contributed by atoms with E-state index in [0.717, 1.165) is 9.93 Å². The van der Waals surface area contributed by atoms with Crippen LogP contribution in [0.3, 0.4) is 0 Å². The Morgan fingerprint density at radius 2 is 2.05 bits per heavy atom. The summed E-state index contributed by atoms with van der Waals surface area (Å²) in [7, 11) is 0. The molecule has 0 unspecified atom stereocenters. The van der Waals surface area contributed by atoms with Crippen LogP contribution in [0.2, 0.25) is 0 Å². The van der Waals surface area contributed by atoms with Crippen LogP contribution in [0.15, 0.2) is 34.1 Å². The fourth-order valence-electron chi connectivity index (χ4n) is 1.75. The average molecular weight is 337 g/mol. The first-order chi connectivity index (χ1) is 10.7. The molecule has 0 spiro atoms. The lowest BCUT2D eigenvalue weighted by Crippen LogP contribution is -2.28. The molecule has 1 aromatic carbocycles. The number of para-hydroxylation sites is 1. The van der Waals surface area contributed by atoms with E-state index in [-0.39, 0.29) is 12.2 Å². The quantitative estimate of drug-likeness (QED) is 0.273. The van der Waals surface area contributed by atoms with Crippen molar-refractivity contribution in [3.8, 4) is 0 Å². The van der Waals surface area contributed by atoms with Gasteiger partial charge in [0, 0.05) is 5.08 Å². The van der Waals surface area contributed by atoms with Gasteiger partial charge in [0.1, 0.15) is 11.0 Å². The predicted octanol–water partition coefficient (Wildman–Crippen LogP) is 1.60. The number of rotatable bonds is 4. The summed E-state index contributed by atoms with van der Waals surface area (Å²) in [6.07, 6.45) is 0. The molecule has 0 N–H and O–H groups in total. The van der Waals surface area contributed by atoms with E-state index in [1.54, 1.807) is 31.2 Å². The van der Waals surface area contributed by atoms with Crippen molar-refractivity contribution in [1.29, 1.82) is 0 Å². The van der Waals surface area contributed by atoms with Crippen molar-refractivity contribution in [3.05, 3.63) is 34.1 Å². The summed E-state index contributed by atoms with van der Waals surface area (Å²) < 4.78 is 5.52. The molecule has 114 valence electrons. The first-order valence-electron chi connectivity index (χ1n) is 6.41. The minimum absolute atomic E-state index is 0.0947. The third kappa shape index (κ3) is 2.81. The molecule has 1 aliphatic rings. The van der Waals surface area contributed by atoms with Gasteiger partial charge < -0.3 is 9.57 Å². The molecule has 1 aliphatic heterocycles. The molecule has 0 radical (unpaired) electrons. The molecule has 2 heterocycles. The first-order valence-corrected chi connectivity index (χ1v) is 8.38. The number of benzene rings is 1. The van der Waals surface area contributed by atoms with Crippen LogP contribution in [-0.2, 0) is 14.3 Å². The Morgan fingerprint density at radius 1 is 1.27 bits per heavy atom. The summed E-state index contributed by atoms with van der Waals surface area (Å²) in [6.45, 7) is 1.86. The van der Waals surface area contributed by atoms with Crippen LogP contribution in [0.5, 0.6) is 0 Å². The van der Waals surface area contributed by atoms with Gasteiger partial charge in [0.15, 0.2) is 5.57 Å². The molecule has 3 rings (SSSR count). The van der Waals surface area contributed by atoms with E-state index in [2.05, 4.69) is 10.3 Å². The van der Waals surface area contributed by atoms with Gasteiger partial charge in [-0.05, 0) is 24.3 Å². The number of hydrogen-bond acceptors (Lipinski definition) is 8. The van der Waals surface area contributed by atoms with Crippen molar-refractivity contribution in [3.63, 3.8) is 0 Å². The number of fused-ring (bicyclic) bond motifs is 1. The van der Waals surface area contributed by atoms with Crippen molar-refractivity contribution in [2.75, 3.05) is 11.7 Å². The van der Waals surface area contributed by atoms with Crippen LogP contribution in [0.4, 0.5) is 0 Å². The van der Waals surface area contributed by atoms with Crippen LogP contribution < -0.4 is 4.84 Å². The minimum Gasteiger partial charge on any atom is -0.462 e. The van der Waals surface area contributed by atoms with Crippen LogP contribution >= 0.6 is 23.5 Å². The lowest BCUT2D eigenvalue weighted by molar-refractivity contribution is -0.147. The van der Waals surface area contributed by atoms with Gasteiger partial charge in [-0.15, -0.1) is 28.6 Å². The van der Waals surface area contributed by atoms with Gasteiger partial charge in [-0.3, -0.25) is 0 Å². The van der Waals surface area contributed by atoms with Crippen molar-refractivity contribution < 1.29 is 19.2 Å². The molecule has 0 atom stereocenters. The minimum atomic E-state index is -0.802. The topological polar surface area (TPSA) is 83.3 Å². The molecular weight excluding hydrogens is 326 g/mol. The van der Waals surface area contributed by atoms with Crippen LogP contribution in [0, 0.1) is 0 Å². The van der Waals surface area contributed by atoms with Crippen molar-refractivity contribution in [2.45, 2.75) is 6.92 Å². The van der Waals surface area contributed by atoms with E-state index < -0.39 is 11.9 Å². The van der Waals surface area contributed by atoms with Crippen LogP contribution in [0.25, 0.3) is 11.0 Å². The zero-order valence-corrected chi connectivity index (χ0v) is 13.1. The van der Waals surface area contributed by atoms with Crippen LogP contribution in [0.1, 0.15) is 6.92 Å². The molecule has 0 saturated carbocycles. The number of thioether (sulfide) groups is 2. The van der Waals surface area contributed by atoms with E-state index in [1.165, 1.54) is 23.5 Å². The standard InChI is InChI=1S/C13H11N3O4S2/c1-2-19-11(17)10(13-21-7-22-13)12(18)20-16-9-6-4-3-5-8(9)14-15-16/h3-6H,2,7H2,1H3. The van der Waals surface area contributed by atoms with Crippen molar-refractivity contribution >= 4 is 46.5 Å². The van der Waals surface area contributed by atoms with E-state index in [1.807, 2.05) is 0 Å². The fraction of sp³-hybridized carbons (Fsp3) is 0.231. The average Bonchev–Trinajstić information content (AvgIpc) is 2.86. The number of aromatic nitrogens is 3. The van der Waals surface area contributed by atoms with Gasteiger partial charge in [-0.25, -0.2) is 9.59 Å². The molecule has 1 aromatic heterocycles. The molecule has 0 bridgehead atoms. The lowest BCUT2D eigenvalue weighted by Gasteiger charge is -2.18. The van der Waals surface area contributed by atoms with Crippen molar-refractivity contribution in [2.24, 2.45) is 0 Å². The monoisotopic (exact) mass is 337 g/mol. The maximum Gasteiger partial charge on any atom is 0.374 e. The third-order valence-electron chi connectivity index (χ3n) is 2.76. The zero-order chi connectivity index (χ0) is 15.5. The maximum absolute atomic E-state index is 12.3. The number of hydrogen-bond donors (Lipinski definition) is 0. The number of esters is 1. The Balaban J connectivity index is 1.87. The summed E-state index contributed by atoms with van der Waals surface area (Å²) in [5, 5.41) is 8.44. The largest absolute Gasteiger partial charge is 0.462 e. The fourth-order valence-corrected chi connectivity index (χ4v) is 3.32. The second-order valence-corrected chi connectivity index (χ2v) is 6.71. The highest BCUT2D eigenvalue weighted by Gasteiger charge is 2.31. The molecule has 1 fully saturated rings. The Kier molecular flexibility index (Phi) is 4.34. The zero-order valence-electron chi connectivity index (χ0n) is 11.5. The highest BCUT2D eigenvalue weighted by Crippen LogP contribution is 2.45. The Hall–Kier alpha value is -2.00. The van der Waals surface area contributed by atoms with Crippen LogP contribution in [-0.4, -0.2) is 38.8 Å². The second kappa shape index (κ2) is 6.41. The summed E-state index contributed by atoms with van der Waals surface area (Å²) in [6, 6.07) is 7.04. The van der Waals surface area contributed by atoms with Gasteiger partial charge in [-0.2, -0.15) is 0 Å². The van der Waals surface area contributed by atoms with E-state index >= 15 is 0 Å². The van der Waals surface area contributed by atoms with Gasteiger partial charge in [-0.1, -0.05) is 17.0 Å². The van der Waals surface area contributed by atoms with E-state index in [0.29, 0.717) is 15.3 Å². The molecule has 7 nitrogen and oxygen atoms in total. The third-order valence-corrected chi connectivity index (χ3v) is 5.34. The maximum atomic E-state index is 12.3. The predicted molar refractivity (Wildman–Crippen MR) is 82.8 cm³/mol. The Labute approximate surface area is 134 Å². The normalized spacial score (nSPS) is 13.6.